The number of halogens is 1. The van der Waals surface area contributed by atoms with Crippen molar-refractivity contribution >= 4 is 11.6 Å². The Labute approximate surface area is 109 Å². The van der Waals surface area contributed by atoms with Crippen LogP contribution in [-0.2, 0) is 13.6 Å². The van der Waals surface area contributed by atoms with Gasteiger partial charge < -0.3 is 0 Å². The monoisotopic (exact) mass is 260 g/mol. The van der Waals surface area contributed by atoms with E-state index in [1.165, 1.54) is 4.68 Å². The van der Waals surface area contributed by atoms with Crippen LogP contribution in [0.3, 0.4) is 0 Å². The summed E-state index contributed by atoms with van der Waals surface area (Å²) in [6, 6.07) is 5.81. The van der Waals surface area contributed by atoms with Gasteiger partial charge in [-0.1, -0.05) is 11.6 Å². The Morgan fingerprint density at radius 3 is 2.78 bits per heavy atom. The van der Waals surface area contributed by atoms with Crippen molar-refractivity contribution in [2.45, 2.75) is 13.0 Å². The van der Waals surface area contributed by atoms with Crippen LogP contribution in [0.1, 0.15) is 12.0 Å². The molecule has 0 saturated carbocycles. The summed E-state index contributed by atoms with van der Waals surface area (Å²) < 4.78 is 3.08. The van der Waals surface area contributed by atoms with Crippen LogP contribution in [0.4, 0.5) is 0 Å². The summed E-state index contributed by atoms with van der Waals surface area (Å²) in [6.45, 7) is 0.363. The number of nitriles is 2. The van der Waals surface area contributed by atoms with E-state index in [-0.39, 0.29) is 11.6 Å². The molecular formula is C11H9ClN6. The molecule has 0 atom stereocenters. The van der Waals surface area contributed by atoms with E-state index in [2.05, 4.69) is 10.2 Å². The Morgan fingerprint density at radius 1 is 1.44 bits per heavy atom. The second-order valence-electron chi connectivity index (χ2n) is 3.60. The molecule has 0 saturated heterocycles. The van der Waals surface area contributed by atoms with Crippen molar-refractivity contribution in [3.63, 3.8) is 0 Å². The maximum Gasteiger partial charge on any atom is 0.145 e. The average molecular weight is 261 g/mol. The molecule has 2 aromatic heterocycles. The number of hydrogen-bond acceptors (Lipinski definition) is 4. The van der Waals surface area contributed by atoms with E-state index >= 15 is 0 Å². The molecule has 0 N–H and O–H groups in total. The quantitative estimate of drug-likeness (QED) is 0.841. The van der Waals surface area contributed by atoms with Crippen molar-refractivity contribution in [1.82, 2.24) is 19.6 Å². The second kappa shape index (κ2) is 4.91. The summed E-state index contributed by atoms with van der Waals surface area (Å²) in [5, 5.41) is 26.3. The molecule has 0 bridgehead atoms. The fourth-order valence-corrected chi connectivity index (χ4v) is 1.88. The third kappa shape index (κ3) is 1.94. The first-order valence-electron chi connectivity index (χ1n) is 5.20. The molecule has 0 radical (unpaired) electrons. The first kappa shape index (κ1) is 12.2. The van der Waals surface area contributed by atoms with Gasteiger partial charge in [0.1, 0.15) is 22.5 Å². The van der Waals surface area contributed by atoms with Gasteiger partial charge >= 0.3 is 0 Å². The summed E-state index contributed by atoms with van der Waals surface area (Å²) in [6.07, 6.45) is 1.91. The summed E-state index contributed by atoms with van der Waals surface area (Å²) in [7, 11) is 1.76. The van der Waals surface area contributed by atoms with Crippen LogP contribution in [0.2, 0.25) is 5.15 Å². The van der Waals surface area contributed by atoms with Crippen LogP contribution in [0.5, 0.6) is 0 Å². The number of aryl methyl sites for hydroxylation is 2. The lowest BCUT2D eigenvalue weighted by atomic mass is 10.2. The van der Waals surface area contributed by atoms with Gasteiger partial charge in [0.05, 0.1) is 24.7 Å². The Hall–Kier alpha value is -2.31. The summed E-state index contributed by atoms with van der Waals surface area (Å²) >= 11 is 6.07. The Morgan fingerprint density at radius 2 is 2.22 bits per heavy atom. The summed E-state index contributed by atoms with van der Waals surface area (Å²) in [4.78, 5) is 0. The van der Waals surface area contributed by atoms with Crippen LogP contribution in [-0.4, -0.2) is 19.6 Å². The lowest BCUT2D eigenvalue weighted by Gasteiger charge is -1.98. The van der Waals surface area contributed by atoms with E-state index in [9.17, 15) is 0 Å². The highest BCUT2D eigenvalue weighted by molar-refractivity contribution is 6.31. The minimum atomic E-state index is 0.254. The lowest BCUT2D eigenvalue weighted by molar-refractivity contribution is 0.628. The minimum Gasteiger partial charge on any atom is -0.266 e. The van der Waals surface area contributed by atoms with Crippen molar-refractivity contribution in [3.05, 3.63) is 23.0 Å². The van der Waals surface area contributed by atoms with Gasteiger partial charge in [0.2, 0.25) is 0 Å². The van der Waals surface area contributed by atoms with Crippen molar-refractivity contribution < 1.29 is 0 Å². The molecule has 0 amide bonds. The molecule has 0 aliphatic rings. The van der Waals surface area contributed by atoms with Crippen LogP contribution in [0, 0.1) is 22.7 Å². The zero-order chi connectivity index (χ0) is 13.1. The van der Waals surface area contributed by atoms with Crippen molar-refractivity contribution in [2.75, 3.05) is 0 Å². The molecule has 0 fully saturated rings. The van der Waals surface area contributed by atoms with Gasteiger partial charge in [0, 0.05) is 13.2 Å². The van der Waals surface area contributed by atoms with Crippen LogP contribution >= 0.6 is 11.6 Å². The van der Waals surface area contributed by atoms with E-state index in [0.29, 0.717) is 23.5 Å². The highest BCUT2D eigenvalue weighted by atomic mass is 35.5. The number of hydrogen-bond donors (Lipinski definition) is 0. The van der Waals surface area contributed by atoms with Crippen molar-refractivity contribution in [2.24, 2.45) is 7.05 Å². The third-order valence-corrected chi connectivity index (χ3v) is 2.89. The molecule has 2 rings (SSSR count). The van der Waals surface area contributed by atoms with Crippen LogP contribution in [0.15, 0.2) is 12.3 Å². The van der Waals surface area contributed by atoms with Gasteiger partial charge in [-0.05, 0) is 6.07 Å². The first-order chi connectivity index (χ1) is 8.69. The Kier molecular flexibility index (Phi) is 3.31. The molecule has 0 aliphatic carbocycles. The van der Waals surface area contributed by atoms with Gasteiger partial charge in [0.15, 0.2) is 0 Å². The van der Waals surface area contributed by atoms with E-state index in [1.54, 1.807) is 24.0 Å². The Balaban J connectivity index is 2.53. The van der Waals surface area contributed by atoms with Crippen molar-refractivity contribution in [3.8, 4) is 23.5 Å². The predicted molar refractivity (Wildman–Crippen MR) is 64.4 cm³/mol. The standard InChI is InChI=1S/C11H9ClN6/c1-17-9(3-5-15-17)10-8(7-14)11(12)18(16-10)6-2-4-13/h3,5H,2,6H2,1H3. The predicted octanol–water partition coefficient (Wildman–Crippen LogP) is 1.72. The smallest absolute Gasteiger partial charge is 0.145 e. The van der Waals surface area contributed by atoms with Gasteiger partial charge in [-0.15, -0.1) is 0 Å². The molecule has 0 unspecified atom stereocenters. The van der Waals surface area contributed by atoms with E-state index < -0.39 is 0 Å². The molecule has 0 aromatic carbocycles. The largest absolute Gasteiger partial charge is 0.266 e. The number of aromatic nitrogens is 4. The molecule has 2 aromatic rings. The van der Waals surface area contributed by atoms with Gasteiger partial charge in [0.25, 0.3) is 0 Å². The third-order valence-electron chi connectivity index (χ3n) is 2.50. The van der Waals surface area contributed by atoms with E-state index in [0.717, 1.165) is 0 Å². The lowest BCUT2D eigenvalue weighted by Crippen LogP contribution is -2.00. The molecule has 7 heteroatoms. The maximum absolute atomic E-state index is 9.15. The van der Waals surface area contributed by atoms with Gasteiger partial charge in [-0.3, -0.25) is 9.36 Å². The van der Waals surface area contributed by atoms with Crippen molar-refractivity contribution in [1.29, 1.82) is 10.5 Å². The van der Waals surface area contributed by atoms with Crippen LogP contribution in [0.25, 0.3) is 11.4 Å². The summed E-state index contributed by atoms with van der Waals surface area (Å²) in [5.41, 5.74) is 1.50. The maximum atomic E-state index is 9.15. The summed E-state index contributed by atoms with van der Waals surface area (Å²) in [5.74, 6) is 0. The Bertz CT molecular complexity index is 654. The first-order valence-corrected chi connectivity index (χ1v) is 5.58. The van der Waals surface area contributed by atoms with E-state index in [4.69, 9.17) is 22.1 Å². The van der Waals surface area contributed by atoms with Gasteiger partial charge in [-0.25, -0.2) is 0 Å². The molecule has 0 aliphatic heterocycles. The van der Waals surface area contributed by atoms with Crippen LogP contribution < -0.4 is 0 Å². The fraction of sp³-hybridized carbons (Fsp3) is 0.273. The number of rotatable bonds is 3. The topological polar surface area (TPSA) is 83.2 Å². The average Bonchev–Trinajstić information content (AvgIpc) is 2.90. The molecule has 2 heterocycles. The highest BCUT2D eigenvalue weighted by Gasteiger charge is 2.19. The van der Waals surface area contributed by atoms with E-state index in [1.807, 2.05) is 12.1 Å². The highest BCUT2D eigenvalue weighted by Crippen LogP contribution is 2.27. The molecule has 90 valence electrons. The van der Waals surface area contributed by atoms with Gasteiger partial charge in [-0.2, -0.15) is 20.7 Å². The molecule has 6 nitrogen and oxygen atoms in total. The molecule has 18 heavy (non-hydrogen) atoms. The second-order valence-corrected chi connectivity index (χ2v) is 3.96. The molecular weight excluding hydrogens is 252 g/mol. The number of nitrogens with zero attached hydrogens (tertiary/aromatic N) is 6. The normalized spacial score (nSPS) is 10.0. The SMILES string of the molecule is Cn1nccc1-c1nn(CCC#N)c(Cl)c1C#N. The fourth-order valence-electron chi connectivity index (χ4n) is 1.63. The minimum absolute atomic E-state index is 0.254. The molecule has 0 spiro atoms. The zero-order valence-corrected chi connectivity index (χ0v) is 10.4. The zero-order valence-electron chi connectivity index (χ0n) is 9.63.